The fourth-order valence-corrected chi connectivity index (χ4v) is 2.99. The number of nitrogens with zero attached hydrogens (tertiary/aromatic N) is 1. The summed E-state index contributed by atoms with van der Waals surface area (Å²) in [6, 6.07) is 4.29. The standard InChI is InChI=1S/C12H18N2OS/c15-12(10-3-5-13-6-4-10)8-14-11-2-1-7-16-9-11/h3-6,11-12,14-15H,1-2,7-9H2/t11-,12+/m1/s1. The van der Waals surface area contributed by atoms with Crippen molar-refractivity contribution in [3.05, 3.63) is 30.1 Å². The van der Waals surface area contributed by atoms with Gasteiger partial charge in [0.15, 0.2) is 0 Å². The van der Waals surface area contributed by atoms with Crippen LogP contribution in [0.25, 0.3) is 0 Å². The summed E-state index contributed by atoms with van der Waals surface area (Å²) in [5, 5.41) is 13.4. The lowest BCUT2D eigenvalue weighted by Gasteiger charge is -2.24. The van der Waals surface area contributed by atoms with E-state index in [0.717, 1.165) is 5.56 Å². The minimum atomic E-state index is -0.421. The first-order valence-corrected chi connectivity index (χ1v) is 6.91. The van der Waals surface area contributed by atoms with E-state index in [4.69, 9.17) is 0 Å². The zero-order chi connectivity index (χ0) is 11.2. The van der Waals surface area contributed by atoms with Gasteiger partial charge in [-0.05, 0) is 36.3 Å². The molecule has 4 heteroatoms. The van der Waals surface area contributed by atoms with Gasteiger partial charge in [-0.3, -0.25) is 4.98 Å². The molecule has 2 rings (SSSR count). The molecule has 0 aromatic carbocycles. The molecule has 0 radical (unpaired) electrons. The number of aliphatic hydroxyl groups is 1. The van der Waals surface area contributed by atoms with E-state index in [9.17, 15) is 5.11 Å². The Balaban J connectivity index is 1.77. The number of hydrogen-bond acceptors (Lipinski definition) is 4. The first-order chi connectivity index (χ1) is 7.86. The van der Waals surface area contributed by atoms with Crippen LogP contribution in [0.15, 0.2) is 24.5 Å². The molecule has 1 aromatic rings. The highest BCUT2D eigenvalue weighted by Gasteiger charge is 2.15. The van der Waals surface area contributed by atoms with E-state index < -0.39 is 6.10 Å². The molecule has 1 fully saturated rings. The Morgan fingerprint density at radius 2 is 2.31 bits per heavy atom. The molecular weight excluding hydrogens is 220 g/mol. The zero-order valence-corrected chi connectivity index (χ0v) is 10.1. The van der Waals surface area contributed by atoms with E-state index in [-0.39, 0.29) is 0 Å². The van der Waals surface area contributed by atoms with Gasteiger partial charge in [0.2, 0.25) is 0 Å². The predicted molar refractivity (Wildman–Crippen MR) is 67.5 cm³/mol. The van der Waals surface area contributed by atoms with Gasteiger partial charge in [0.25, 0.3) is 0 Å². The summed E-state index contributed by atoms with van der Waals surface area (Å²) < 4.78 is 0. The molecule has 1 aromatic heterocycles. The van der Waals surface area contributed by atoms with Gasteiger partial charge in [0.1, 0.15) is 0 Å². The van der Waals surface area contributed by atoms with Crippen molar-refractivity contribution < 1.29 is 5.11 Å². The van der Waals surface area contributed by atoms with Crippen LogP contribution in [-0.2, 0) is 0 Å². The lowest BCUT2D eigenvalue weighted by molar-refractivity contribution is 0.170. The second kappa shape index (κ2) is 6.23. The van der Waals surface area contributed by atoms with Gasteiger partial charge in [-0.25, -0.2) is 0 Å². The highest BCUT2D eigenvalue weighted by Crippen LogP contribution is 2.18. The Morgan fingerprint density at radius 3 is 3.00 bits per heavy atom. The van der Waals surface area contributed by atoms with Crippen LogP contribution < -0.4 is 5.32 Å². The monoisotopic (exact) mass is 238 g/mol. The Labute approximate surface area is 101 Å². The molecule has 0 amide bonds. The van der Waals surface area contributed by atoms with E-state index in [1.54, 1.807) is 12.4 Å². The Hall–Kier alpha value is -0.580. The van der Waals surface area contributed by atoms with Gasteiger partial charge in [-0.15, -0.1) is 0 Å². The summed E-state index contributed by atoms with van der Waals surface area (Å²) in [4.78, 5) is 3.94. The van der Waals surface area contributed by atoms with Crippen LogP contribution >= 0.6 is 11.8 Å². The lowest BCUT2D eigenvalue weighted by atomic mass is 10.1. The van der Waals surface area contributed by atoms with Crippen LogP contribution in [0.3, 0.4) is 0 Å². The van der Waals surface area contributed by atoms with Crippen LogP contribution in [0.1, 0.15) is 24.5 Å². The minimum absolute atomic E-state index is 0.421. The highest BCUT2D eigenvalue weighted by atomic mass is 32.2. The van der Waals surface area contributed by atoms with Gasteiger partial charge in [0, 0.05) is 30.7 Å². The molecule has 0 saturated carbocycles. The molecular formula is C12H18N2OS. The third kappa shape index (κ3) is 3.47. The molecule has 1 aliphatic heterocycles. The molecule has 0 spiro atoms. The van der Waals surface area contributed by atoms with Crippen molar-refractivity contribution in [1.29, 1.82) is 0 Å². The Bertz CT molecular complexity index is 301. The third-order valence-electron chi connectivity index (χ3n) is 2.85. The SMILES string of the molecule is O[C@@H](CN[C@@H]1CCCSC1)c1ccncc1. The van der Waals surface area contributed by atoms with Crippen molar-refractivity contribution >= 4 is 11.8 Å². The van der Waals surface area contributed by atoms with Crippen molar-refractivity contribution in [1.82, 2.24) is 10.3 Å². The fourth-order valence-electron chi connectivity index (χ4n) is 1.88. The smallest absolute Gasteiger partial charge is 0.0915 e. The first kappa shape index (κ1) is 11.9. The molecule has 2 atom stereocenters. The van der Waals surface area contributed by atoms with Crippen LogP contribution in [0, 0.1) is 0 Å². The molecule has 2 heterocycles. The third-order valence-corrected chi connectivity index (χ3v) is 4.07. The zero-order valence-electron chi connectivity index (χ0n) is 9.30. The molecule has 1 saturated heterocycles. The minimum Gasteiger partial charge on any atom is -0.387 e. The first-order valence-electron chi connectivity index (χ1n) is 5.75. The number of thioether (sulfide) groups is 1. The van der Waals surface area contributed by atoms with E-state index in [1.165, 1.54) is 24.3 Å². The van der Waals surface area contributed by atoms with Crippen molar-refractivity contribution in [3.8, 4) is 0 Å². The number of hydrogen-bond donors (Lipinski definition) is 2. The van der Waals surface area contributed by atoms with Crippen LogP contribution in [-0.4, -0.2) is 34.2 Å². The summed E-state index contributed by atoms with van der Waals surface area (Å²) in [6.07, 6.45) is 5.53. The molecule has 2 N–H and O–H groups in total. The van der Waals surface area contributed by atoms with E-state index >= 15 is 0 Å². The molecule has 1 aliphatic rings. The second-order valence-corrected chi connectivity index (χ2v) is 5.27. The Morgan fingerprint density at radius 1 is 1.50 bits per heavy atom. The fraction of sp³-hybridized carbons (Fsp3) is 0.583. The molecule has 0 unspecified atom stereocenters. The number of rotatable bonds is 4. The Kier molecular flexibility index (Phi) is 4.63. The quantitative estimate of drug-likeness (QED) is 0.836. The maximum atomic E-state index is 9.95. The second-order valence-electron chi connectivity index (χ2n) is 4.12. The van der Waals surface area contributed by atoms with Crippen LogP contribution in [0.2, 0.25) is 0 Å². The van der Waals surface area contributed by atoms with Crippen molar-refractivity contribution in [2.45, 2.75) is 25.0 Å². The summed E-state index contributed by atoms with van der Waals surface area (Å²) in [7, 11) is 0. The lowest BCUT2D eigenvalue weighted by Crippen LogP contribution is -2.36. The topological polar surface area (TPSA) is 45.1 Å². The predicted octanol–water partition coefficient (Wildman–Crippen LogP) is 1.60. The average molecular weight is 238 g/mol. The molecule has 3 nitrogen and oxygen atoms in total. The van der Waals surface area contributed by atoms with E-state index in [2.05, 4.69) is 10.3 Å². The van der Waals surface area contributed by atoms with Crippen molar-refractivity contribution in [3.63, 3.8) is 0 Å². The van der Waals surface area contributed by atoms with E-state index in [1.807, 2.05) is 23.9 Å². The molecule has 88 valence electrons. The number of pyridine rings is 1. The largest absolute Gasteiger partial charge is 0.387 e. The maximum absolute atomic E-state index is 9.95. The molecule has 16 heavy (non-hydrogen) atoms. The summed E-state index contributed by atoms with van der Waals surface area (Å²) in [6.45, 7) is 0.634. The van der Waals surface area contributed by atoms with Gasteiger partial charge in [0.05, 0.1) is 6.10 Å². The van der Waals surface area contributed by atoms with Gasteiger partial charge in [-0.2, -0.15) is 11.8 Å². The average Bonchev–Trinajstić information content (AvgIpc) is 2.38. The van der Waals surface area contributed by atoms with Crippen LogP contribution in [0.5, 0.6) is 0 Å². The van der Waals surface area contributed by atoms with Crippen molar-refractivity contribution in [2.75, 3.05) is 18.1 Å². The van der Waals surface area contributed by atoms with Gasteiger partial charge >= 0.3 is 0 Å². The maximum Gasteiger partial charge on any atom is 0.0915 e. The van der Waals surface area contributed by atoms with Gasteiger partial charge < -0.3 is 10.4 Å². The normalized spacial score (nSPS) is 22.9. The highest BCUT2D eigenvalue weighted by molar-refractivity contribution is 7.99. The number of aromatic nitrogens is 1. The molecule has 0 bridgehead atoms. The summed E-state index contributed by atoms with van der Waals surface area (Å²) in [5.41, 5.74) is 0.936. The van der Waals surface area contributed by atoms with Crippen molar-refractivity contribution in [2.24, 2.45) is 0 Å². The number of nitrogens with one attached hydrogen (secondary N) is 1. The van der Waals surface area contributed by atoms with Crippen LogP contribution in [0.4, 0.5) is 0 Å². The number of aliphatic hydroxyl groups excluding tert-OH is 1. The van der Waals surface area contributed by atoms with Gasteiger partial charge in [-0.1, -0.05) is 0 Å². The summed E-state index contributed by atoms with van der Waals surface area (Å²) in [5.74, 6) is 2.45. The van der Waals surface area contributed by atoms with E-state index in [0.29, 0.717) is 12.6 Å². The molecule has 0 aliphatic carbocycles. The summed E-state index contributed by atoms with van der Waals surface area (Å²) >= 11 is 2.00.